The van der Waals surface area contributed by atoms with E-state index in [1.54, 1.807) is 0 Å². The van der Waals surface area contributed by atoms with Crippen molar-refractivity contribution in [1.29, 1.82) is 0 Å². The summed E-state index contributed by atoms with van der Waals surface area (Å²) < 4.78 is 0. The first kappa shape index (κ1) is 21.9. The van der Waals surface area contributed by atoms with Crippen molar-refractivity contribution >= 4 is 5.91 Å². The van der Waals surface area contributed by atoms with Crippen LogP contribution in [0.5, 0.6) is 0 Å². The minimum atomic E-state index is 0.143. The van der Waals surface area contributed by atoms with Crippen LogP contribution in [0, 0.1) is 0 Å². The van der Waals surface area contributed by atoms with Gasteiger partial charge in [-0.15, -0.1) is 6.58 Å². The van der Waals surface area contributed by atoms with E-state index < -0.39 is 0 Å². The van der Waals surface area contributed by atoms with Gasteiger partial charge in [0.15, 0.2) is 0 Å². The molecule has 0 aromatic carbocycles. The van der Waals surface area contributed by atoms with Gasteiger partial charge in [-0.25, -0.2) is 0 Å². The first-order valence-corrected chi connectivity index (χ1v) is 9.48. The van der Waals surface area contributed by atoms with Gasteiger partial charge in [-0.2, -0.15) is 0 Å². The van der Waals surface area contributed by atoms with E-state index in [9.17, 15) is 4.79 Å². The third-order valence-corrected chi connectivity index (χ3v) is 4.43. The maximum atomic E-state index is 12.6. The van der Waals surface area contributed by atoms with Gasteiger partial charge in [-0.1, -0.05) is 49.6 Å². The van der Waals surface area contributed by atoms with Crippen molar-refractivity contribution < 1.29 is 4.79 Å². The normalized spacial score (nSPS) is 15.0. The van der Waals surface area contributed by atoms with Crippen LogP contribution in [0.1, 0.15) is 33.1 Å². The molecule has 0 atom stereocenters. The van der Waals surface area contributed by atoms with Gasteiger partial charge in [0.25, 0.3) is 5.91 Å². The fourth-order valence-corrected chi connectivity index (χ4v) is 3.11. The van der Waals surface area contributed by atoms with Gasteiger partial charge in [-0.3, -0.25) is 9.69 Å². The Morgan fingerprint density at radius 2 is 1.85 bits per heavy atom. The summed E-state index contributed by atoms with van der Waals surface area (Å²) in [7, 11) is 0. The summed E-state index contributed by atoms with van der Waals surface area (Å²) in [5, 5.41) is 0. The lowest BCUT2D eigenvalue weighted by Gasteiger charge is -2.24. The fraction of sp³-hybridized carbons (Fsp3) is 0.435. The van der Waals surface area contributed by atoms with E-state index in [0.29, 0.717) is 6.54 Å². The smallest absolute Gasteiger partial charge is 0.254 e. The molecule has 3 heteroatoms. The Morgan fingerprint density at radius 3 is 2.46 bits per heavy atom. The highest BCUT2D eigenvalue weighted by molar-refractivity contribution is 6.00. The van der Waals surface area contributed by atoms with E-state index in [2.05, 4.69) is 24.6 Å². The molecule has 142 valence electrons. The summed E-state index contributed by atoms with van der Waals surface area (Å²) in [4.78, 5) is 17.0. The van der Waals surface area contributed by atoms with E-state index in [1.165, 1.54) is 0 Å². The minimum Gasteiger partial charge on any atom is -0.334 e. The number of hydrogen-bond donors (Lipinski definition) is 0. The molecule has 1 amide bonds. The number of unbranched alkanes of at least 4 members (excludes halogenated alkanes) is 1. The van der Waals surface area contributed by atoms with Crippen molar-refractivity contribution in [1.82, 2.24) is 9.80 Å². The first-order valence-electron chi connectivity index (χ1n) is 9.48. The van der Waals surface area contributed by atoms with E-state index in [1.807, 2.05) is 55.2 Å². The SMILES string of the molecule is C=CCCCN(CCCN1CC(/C=C\C)=C(/C=C\C)C1=O)CC(=C)C=C. The van der Waals surface area contributed by atoms with Crippen LogP contribution in [0.3, 0.4) is 0 Å². The number of carbonyl (C=O) groups is 1. The third kappa shape index (κ3) is 7.01. The van der Waals surface area contributed by atoms with Crippen molar-refractivity contribution in [2.24, 2.45) is 0 Å². The van der Waals surface area contributed by atoms with Crippen LogP contribution in [-0.4, -0.2) is 48.4 Å². The molecule has 0 aliphatic carbocycles. The predicted octanol–water partition coefficient (Wildman–Crippen LogP) is 4.68. The molecule has 0 fully saturated rings. The van der Waals surface area contributed by atoms with Crippen LogP contribution in [0.25, 0.3) is 0 Å². The molecular formula is C23H34N2O. The molecule has 1 rings (SSSR count). The molecule has 26 heavy (non-hydrogen) atoms. The first-order chi connectivity index (χ1) is 12.6. The largest absolute Gasteiger partial charge is 0.334 e. The van der Waals surface area contributed by atoms with Crippen molar-refractivity contribution in [3.63, 3.8) is 0 Å². The summed E-state index contributed by atoms with van der Waals surface area (Å²) in [6.45, 7) is 19.8. The molecule has 0 radical (unpaired) electrons. The Hall–Kier alpha value is -2.13. The molecule has 0 bridgehead atoms. The van der Waals surface area contributed by atoms with Gasteiger partial charge in [0, 0.05) is 31.8 Å². The molecule has 0 spiro atoms. The van der Waals surface area contributed by atoms with Crippen molar-refractivity contribution in [2.75, 3.05) is 32.7 Å². The lowest BCUT2D eigenvalue weighted by Crippen LogP contribution is -2.33. The lowest BCUT2D eigenvalue weighted by molar-refractivity contribution is -0.125. The van der Waals surface area contributed by atoms with E-state index in [4.69, 9.17) is 0 Å². The number of carbonyl (C=O) groups excluding carboxylic acids is 1. The summed E-state index contributed by atoms with van der Waals surface area (Å²) >= 11 is 0. The molecule has 3 nitrogen and oxygen atoms in total. The molecular weight excluding hydrogens is 320 g/mol. The fourth-order valence-electron chi connectivity index (χ4n) is 3.11. The second kappa shape index (κ2) is 12.3. The molecule has 1 aliphatic rings. The van der Waals surface area contributed by atoms with E-state index in [-0.39, 0.29) is 5.91 Å². The Labute approximate surface area is 159 Å². The van der Waals surface area contributed by atoms with E-state index >= 15 is 0 Å². The summed E-state index contributed by atoms with van der Waals surface area (Å²) in [5.41, 5.74) is 2.97. The summed E-state index contributed by atoms with van der Waals surface area (Å²) in [6, 6.07) is 0. The molecule has 0 aromatic rings. The van der Waals surface area contributed by atoms with Gasteiger partial charge in [-0.05, 0) is 50.8 Å². The quantitative estimate of drug-likeness (QED) is 0.272. The van der Waals surface area contributed by atoms with Gasteiger partial charge < -0.3 is 4.90 Å². The maximum Gasteiger partial charge on any atom is 0.254 e. The molecule has 0 saturated heterocycles. The van der Waals surface area contributed by atoms with Gasteiger partial charge >= 0.3 is 0 Å². The van der Waals surface area contributed by atoms with Crippen LogP contribution in [0.2, 0.25) is 0 Å². The molecule has 1 heterocycles. The third-order valence-electron chi connectivity index (χ3n) is 4.43. The van der Waals surface area contributed by atoms with E-state index in [0.717, 1.165) is 62.2 Å². The standard InChI is InChI=1S/C23H34N2O/c1-6-10-11-15-24(18-20(5)9-4)16-12-17-25-19-21(13-7-2)22(14-8-3)23(25)26/h6-9,13-14H,1,4-5,10-12,15-19H2,2-3H3/b13-7-,14-8-. The number of rotatable bonds is 13. The van der Waals surface area contributed by atoms with Gasteiger partial charge in [0.1, 0.15) is 0 Å². The second-order valence-corrected chi connectivity index (χ2v) is 6.59. The lowest BCUT2D eigenvalue weighted by atomic mass is 10.1. The monoisotopic (exact) mass is 354 g/mol. The number of nitrogens with zero attached hydrogens (tertiary/aromatic N) is 2. The predicted molar refractivity (Wildman–Crippen MR) is 113 cm³/mol. The average Bonchev–Trinajstić information content (AvgIpc) is 2.91. The van der Waals surface area contributed by atoms with Crippen LogP contribution in [0.4, 0.5) is 0 Å². The Morgan fingerprint density at radius 1 is 1.15 bits per heavy atom. The average molecular weight is 355 g/mol. The summed E-state index contributed by atoms with van der Waals surface area (Å²) in [5.74, 6) is 0.143. The number of allylic oxidation sites excluding steroid dienone is 3. The zero-order valence-corrected chi connectivity index (χ0v) is 16.5. The van der Waals surface area contributed by atoms with Crippen LogP contribution >= 0.6 is 0 Å². The number of amides is 1. The molecule has 0 N–H and O–H groups in total. The second-order valence-electron chi connectivity index (χ2n) is 6.59. The molecule has 0 saturated carbocycles. The van der Waals surface area contributed by atoms with Crippen molar-refractivity contribution in [3.05, 3.63) is 72.9 Å². The number of hydrogen-bond acceptors (Lipinski definition) is 2. The van der Waals surface area contributed by atoms with Crippen LogP contribution < -0.4 is 0 Å². The maximum absolute atomic E-state index is 12.6. The summed E-state index contributed by atoms with van der Waals surface area (Å²) in [6.07, 6.45) is 14.7. The highest BCUT2D eigenvalue weighted by Crippen LogP contribution is 2.21. The van der Waals surface area contributed by atoms with Crippen LogP contribution in [0.15, 0.2) is 72.9 Å². The minimum absolute atomic E-state index is 0.143. The Kier molecular flexibility index (Phi) is 10.3. The van der Waals surface area contributed by atoms with Crippen molar-refractivity contribution in [2.45, 2.75) is 33.1 Å². The zero-order chi connectivity index (χ0) is 19.4. The Balaban J connectivity index is 2.58. The highest BCUT2D eigenvalue weighted by atomic mass is 16.2. The molecule has 0 unspecified atom stereocenters. The Bertz CT molecular complexity index is 595. The zero-order valence-electron chi connectivity index (χ0n) is 16.5. The molecule has 1 aliphatic heterocycles. The molecule has 0 aromatic heterocycles. The van der Waals surface area contributed by atoms with Gasteiger partial charge in [0.2, 0.25) is 0 Å². The van der Waals surface area contributed by atoms with Gasteiger partial charge in [0.05, 0.1) is 0 Å². The topological polar surface area (TPSA) is 23.6 Å². The highest BCUT2D eigenvalue weighted by Gasteiger charge is 2.26. The van der Waals surface area contributed by atoms with Crippen molar-refractivity contribution in [3.8, 4) is 0 Å². The van der Waals surface area contributed by atoms with Crippen LogP contribution in [-0.2, 0) is 4.79 Å².